The third kappa shape index (κ3) is 5.24. The Morgan fingerprint density at radius 3 is 2.62 bits per heavy atom. The van der Waals surface area contributed by atoms with Crippen LogP contribution >= 0.6 is 0 Å². The average molecular weight is 519 g/mol. The van der Waals surface area contributed by atoms with Crippen LogP contribution in [0.5, 0.6) is 0 Å². The molecule has 6 atom stereocenters. The highest BCUT2D eigenvalue weighted by molar-refractivity contribution is 5.98. The summed E-state index contributed by atoms with van der Waals surface area (Å²) in [5.41, 5.74) is -1.86. The lowest BCUT2D eigenvalue weighted by atomic mass is 9.65. The van der Waals surface area contributed by atoms with Crippen molar-refractivity contribution in [3.8, 4) is 0 Å². The van der Waals surface area contributed by atoms with Crippen LogP contribution in [0.3, 0.4) is 0 Å². The van der Waals surface area contributed by atoms with E-state index in [9.17, 15) is 19.5 Å². The molecule has 208 valence electrons. The molecular formula is C29H46N2O6. The van der Waals surface area contributed by atoms with Gasteiger partial charge in [-0.1, -0.05) is 32.4 Å². The molecule has 0 radical (unpaired) electrons. The Balaban J connectivity index is 2.01. The van der Waals surface area contributed by atoms with Crippen molar-refractivity contribution in [1.29, 1.82) is 0 Å². The molecule has 3 rings (SSSR count). The third-order valence-electron chi connectivity index (χ3n) is 8.62. The molecule has 0 saturated carbocycles. The highest BCUT2D eigenvalue weighted by Crippen LogP contribution is 2.64. The van der Waals surface area contributed by atoms with Gasteiger partial charge in [0, 0.05) is 25.7 Å². The number of carbonyl (C=O) groups is 3. The number of allylic oxidation sites excluding steroid dienone is 1. The molecule has 0 aromatic carbocycles. The van der Waals surface area contributed by atoms with Gasteiger partial charge in [-0.05, 0) is 58.3 Å². The quantitative estimate of drug-likeness (QED) is 0.190. The number of aliphatic hydroxyl groups is 1. The lowest BCUT2D eigenvalue weighted by Crippen LogP contribution is -2.58. The van der Waals surface area contributed by atoms with Gasteiger partial charge in [0.05, 0.1) is 18.1 Å². The lowest BCUT2D eigenvalue weighted by Gasteiger charge is -2.39. The maximum absolute atomic E-state index is 14.3. The first-order valence-corrected chi connectivity index (χ1v) is 14.1. The molecule has 37 heavy (non-hydrogen) atoms. The standard InChI is InChI=1S/C29H46N2O6/c1-6-10-13-20-36-27(35)23-22-25(33)31(18-11-12-19-32)24(29(22)16-15-28(23,9-4)37-29)26(34)30(17-8-3)21(5)14-7-2/h6,8,21-24,32H,1,3,7,9-20H2,2,4-5H3/t21?,22-,23-,24?,28+,29?/m0/s1. The summed E-state index contributed by atoms with van der Waals surface area (Å²) in [6.45, 7) is 14.6. The number of carbonyl (C=O) groups excluding carboxylic acids is 3. The molecule has 0 aromatic rings. The third-order valence-corrected chi connectivity index (χ3v) is 8.62. The zero-order valence-corrected chi connectivity index (χ0v) is 23.0. The van der Waals surface area contributed by atoms with Crippen molar-refractivity contribution in [3.05, 3.63) is 25.3 Å². The van der Waals surface area contributed by atoms with Gasteiger partial charge in [0.2, 0.25) is 11.8 Å². The van der Waals surface area contributed by atoms with Gasteiger partial charge in [-0.3, -0.25) is 14.4 Å². The summed E-state index contributed by atoms with van der Waals surface area (Å²) in [5.74, 6) is -2.24. The fraction of sp³-hybridized carbons (Fsp3) is 0.759. The van der Waals surface area contributed by atoms with E-state index in [0.717, 1.165) is 19.3 Å². The minimum Gasteiger partial charge on any atom is -0.465 e. The minimum atomic E-state index is -1.06. The number of hydrogen-bond donors (Lipinski definition) is 1. The molecule has 3 aliphatic rings. The summed E-state index contributed by atoms with van der Waals surface area (Å²) in [4.78, 5) is 45.3. The Hall–Kier alpha value is -2.19. The highest BCUT2D eigenvalue weighted by Gasteiger charge is 2.79. The van der Waals surface area contributed by atoms with Crippen molar-refractivity contribution >= 4 is 17.8 Å². The molecule has 1 N–H and O–H groups in total. The summed E-state index contributed by atoms with van der Waals surface area (Å²) in [6, 6.07) is -0.834. The Labute approximate surface area is 222 Å². The van der Waals surface area contributed by atoms with Crippen LogP contribution in [0, 0.1) is 11.8 Å². The average Bonchev–Trinajstić information content (AvgIpc) is 3.49. The summed E-state index contributed by atoms with van der Waals surface area (Å²) in [5, 5.41) is 9.36. The van der Waals surface area contributed by atoms with Crippen LogP contribution in [-0.4, -0.2) is 82.3 Å². The van der Waals surface area contributed by atoms with Crippen LogP contribution in [0.4, 0.5) is 0 Å². The number of amides is 2. The molecule has 3 fully saturated rings. The number of likely N-dealkylation sites (tertiary alicyclic amines) is 1. The highest BCUT2D eigenvalue weighted by atomic mass is 16.6. The number of esters is 1. The first kappa shape index (κ1) is 29.4. The maximum Gasteiger partial charge on any atom is 0.312 e. The van der Waals surface area contributed by atoms with Crippen molar-refractivity contribution in [3.63, 3.8) is 0 Å². The second kappa shape index (κ2) is 12.6. The van der Waals surface area contributed by atoms with E-state index in [2.05, 4.69) is 20.1 Å². The van der Waals surface area contributed by atoms with Gasteiger partial charge in [-0.25, -0.2) is 0 Å². The first-order valence-electron chi connectivity index (χ1n) is 14.1. The summed E-state index contributed by atoms with van der Waals surface area (Å²) in [6.07, 6.45) is 9.50. The van der Waals surface area contributed by atoms with Crippen molar-refractivity contribution in [2.45, 2.75) is 102 Å². The lowest BCUT2D eigenvalue weighted by molar-refractivity contribution is -0.162. The van der Waals surface area contributed by atoms with Gasteiger partial charge in [0.15, 0.2) is 0 Å². The smallest absolute Gasteiger partial charge is 0.312 e. The molecule has 0 aliphatic carbocycles. The molecule has 3 unspecified atom stereocenters. The molecule has 0 aromatic heterocycles. The monoisotopic (exact) mass is 518 g/mol. The van der Waals surface area contributed by atoms with Gasteiger partial charge in [0.1, 0.15) is 17.6 Å². The molecule has 3 aliphatic heterocycles. The van der Waals surface area contributed by atoms with Crippen LogP contribution in [-0.2, 0) is 23.9 Å². The van der Waals surface area contributed by atoms with E-state index in [1.54, 1.807) is 22.0 Å². The molecule has 1 spiro atoms. The molecule has 8 nitrogen and oxygen atoms in total. The minimum absolute atomic E-state index is 0.0143. The van der Waals surface area contributed by atoms with Crippen LogP contribution in [0.25, 0.3) is 0 Å². The molecule has 2 amide bonds. The van der Waals surface area contributed by atoms with Gasteiger partial charge in [-0.15, -0.1) is 13.2 Å². The second-order valence-electron chi connectivity index (χ2n) is 10.8. The van der Waals surface area contributed by atoms with E-state index in [-0.39, 0.29) is 31.1 Å². The largest absolute Gasteiger partial charge is 0.465 e. The number of rotatable bonds is 16. The Bertz CT molecular complexity index is 861. The van der Waals surface area contributed by atoms with Crippen molar-refractivity contribution in [2.75, 3.05) is 26.3 Å². The van der Waals surface area contributed by atoms with E-state index in [0.29, 0.717) is 51.6 Å². The van der Waals surface area contributed by atoms with Gasteiger partial charge < -0.3 is 24.4 Å². The number of fused-ring (bicyclic) bond motifs is 1. The fourth-order valence-electron chi connectivity index (χ4n) is 6.84. The van der Waals surface area contributed by atoms with Crippen LogP contribution in [0.2, 0.25) is 0 Å². The van der Waals surface area contributed by atoms with E-state index in [1.807, 2.05) is 13.8 Å². The van der Waals surface area contributed by atoms with Gasteiger partial charge >= 0.3 is 5.97 Å². The Kier molecular flexibility index (Phi) is 9.98. The van der Waals surface area contributed by atoms with Gasteiger partial charge in [0.25, 0.3) is 0 Å². The molecule has 8 heteroatoms. The van der Waals surface area contributed by atoms with E-state index < -0.39 is 35.0 Å². The van der Waals surface area contributed by atoms with Crippen LogP contribution in [0.15, 0.2) is 25.3 Å². The zero-order chi connectivity index (χ0) is 27.2. The topological polar surface area (TPSA) is 96.4 Å². The summed E-state index contributed by atoms with van der Waals surface area (Å²) >= 11 is 0. The summed E-state index contributed by atoms with van der Waals surface area (Å²) in [7, 11) is 0. The number of unbranched alkanes of at least 4 members (excludes halogenated alkanes) is 2. The van der Waals surface area contributed by atoms with Crippen LogP contribution in [0.1, 0.15) is 78.6 Å². The van der Waals surface area contributed by atoms with E-state index >= 15 is 0 Å². The Morgan fingerprint density at radius 1 is 1.24 bits per heavy atom. The van der Waals surface area contributed by atoms with Crippen molar-refractivity contribution < 1.29 is 29.0 Å². The van der Waals surface area contributed by atoms with E-state index in [4.69, 9.17) is 9.47 Å². The normalized spacial score (nSPS) is 30.8. The molecule has 3 saturated heterocycles. The number of aliphatic hydroxyl groups excluding tert-OH is 1. The Morgan fingerprint density at radius 2 is 2.00 bits per heavy atom. The zero-order valence-electron chi connectivity index (χ0n) is 23.0. The van der Waals surface area contributed by atoms with Gasteiger partial charge in [-0.2, -0.15) is 0 Å². The summed E-state index contributed by atoms with van der Waals surface area (Å²) < 4.78 is 12.5. The number of nitrogens with zero attached hydrogens (tertiary/aromatic N) is 2. The first-order chi connectivity index (χ1) is 17.8. The molecule has 3 heterocycles. The maximum atomic E-state index is 14.3. The number of ether oxygens (including phenoxy) is 2. The fourth-order valence-corrected chi connectivity index (χ4v) is 6.84. The molecule has 2 bridgehead atoms. The predicted molar refractivity (Wildman–Crippen MR) is 142 cm³/mol. The molecular weight excluding hydrogens is 472 g/mol. The van der Waals surface area contributed by atoms with Crippen LogP contribution < -0.4 is 0 Å². The van der Waals surface area contributed by atoms with Crippen molar-refractivity contribution in [1.82, 2.24) is 9.80 Å². The van der Waals surface area contributed by atoms with Crippen molar-refractivity contribution in [2.24, 2.45) is 11.8 Å². The predicted octanol–water partition coefficient (Wildman–Crippen LogP) is 3.63. The number of hydrogen-bond acceptors (Lipinski definition) is 6. The SMILES string of the molecule is C=CCCCOC(=O)[C@@H]1[C@H]2C(=O)N(CCCCO)C(C(=O)N(CC=C)C(C)CCC)C23CC[C@@]1(CC)O3. The van der Waals surface area contributed by atoms with E-state index in [1.165, 1.54) is 0 Å². The second-order valence-corrected chi connectivity index (χ2v) is 10.8.